The molecule has 0 atom stereocenters. The van der Waals surface area contributed by atoms with Crippen molar-refractivity contribution >= 4 is 29.2 Å². The van der Waals surface area contributed by atoms with Crippen LogP contribution in [0.1, 0.15) is 10.4 Å². The normalized spacial score (nSPS) is 9.95. The predicted molar refractivity (Wildman–Crippen MR) is 76.8 cm³/mol. The van der Waals surface area contributed by atoms with Gasteiger partial charge in [0.2, 0.25) is 0 Å². The van der Waals surface area contributed by atoms with E-state index in [-0.39, 0.29) is 16.3 Å². The lowest BCUT2D eigenvalue weighted by Crippen LogP contribution is -2.15. The monoisotopic (exact) mass is 306 g/mol. The molecule has 0 unspecified atom stereocenters. The third-order valence-electron chi connectivity index (χ3n) is 2.50. The Hall–Kier alpha value is -2.60. The van der Waals surface area contributed by atoms with Crippen LogP contribution in [0.5, 0.6) is 5.75 Å². The summed E-state index contributed by atoms with van der Waals surface area (Å²) < 4.78 is 5.10. The number of nitrogens with one attached hydrogen (secondary N) is 1. The van der Waals surface area contributed by atoms with Gasteiger partial charge >= 0.3 is 5.97 Å². The minimum absolute atomic E-state index is 0.215. The highest BCUT2D eigenvalue weighted by atomic mass is 35.5. The highest BCUT2D eigenvalue weighted by Crippen LogP contribution is 2.25. The molecule has 1 amide bonds. The molecule has 0 spiro atoms. The van der Waals surface area contributed by atoms with Crippen molar-refractivity contribution < 1.29 is 19.4 Å². The van der Waals surface area contributed by atoms with Crippen LogP contribution in [0.2, 0.25) is 5.02 Å². The van der Waals surface area contributed by atoms with E-state index < -0.39 is 18.5 Å². The Kier molecular flexibility index (Phi) is 4.73. The lowest BCUT2D eigenvalue weighted by molar-refractivity contribution is -0.139. The van der Waals surface area contributed by atoms with Gasteiger partial charge < -0.3 is 15.2 Å². The van der Waals surface area contributed by atoms with Gasteiger partial charge in [0.1, 0.15) is 5.75 Å². The van der Waals surface area contributed by atoms with Gasteiger partial charge in [0.25, 0.3) is 5.91 Å². The van der Waals surface area contributed by atoms with E-state index in [1.165, 1.54) is 18.5 Å². The SMILES string of the molecule is O=C(O)COc1ccccc1NC(=O)c1cnccc1Cl. The summed E-state index contributed by atoms with van der Waals surface area (Å²) in [5.74, 6) is -1.31. The predicted octanol–water partition coefficient (Wildman–Crippen LogP) is 2.45. The van der Waals surface area contributed by atoms with Crippen LogP contribution in [0, 0.1) is 0 Å². The van der Waals surface area contributed by atoms with Crippen molar-refractivity contribution in [1.29, 1.82) is 0 Å². The van der Waals surface area contributed by atoms with Gasteiger partial charge in [-0.15, -0.1) is 0 Å². The van der Waals surface area contributed by atoms with Crippen molar-refractivity contribution in [1.82, 2.24) is 4.98 Å². The van der Waals surface area contributed by atoms with Crippen LogP contribution < -0.4 is 10.1 Å². The third kappa shape index (κ3) is 3.93. The van der Waals surface area contributed by atoms with E-state index in [1.54, 1.807) is 24.3 Å². The molecule has 2 aromatic rings. The largest absolute Gasteiger partial charge is 0.480 e. The van der Waals surface area contributed by atoms with Gasteiger partial charge in [-0.1, -0.05) is 23.7 Å². The molecule has 0 radical (unpaired) electrons. The van der Waals surface area contributed by atoms with Crippen molar-refractivity contribution in [2.75, 3.05) is 11.9 Å². The maximum atomic E-state index is 12.1. The summed E-state index contributed by atoms with van der Waals surface area (Å²) in [6, 6.07) is 8.02. The van der Waals surface area contributed by atoms with Gasteiger partial charge in [-0.05, 0) is 18.2 Å². The van der Waals surface area contributed by atoms with Crippen LogP contribution in [0.4, 0.5) is 5.69 Å². The molecular formula is C14H11ClN2O4. The average molecular weight is 307 g/mol. The second-order valence-electron chi connectivity index (χ2n) is 3.99. The molecule has 6 nitrogen and oxygen atoms in total. The van der Waals surface area contributed by atoms with E-state index in [2.05, 4.69) is 10.3 Å². The number of anilines is 1. The first-order valence-corrected chi connectivity index (χ1v) is 6.30. The fourth-order valence-electron chi connectivity index (χ4n) is 1.57. The fraction of sp³-hybridized carbons (Fsp3) is 0.0714. The standard InChI is InChI=1S/C14H11ClN2O4/c15-10-5-6-16-7-9(10)14(20)17-11-3-1-2-4-12(11)21-8-13(18)19/h1-7H,8H2,(H,17,20)(H,18,19). The molecule has 0 saturated heterocycles. The van der Waals surface area contributed by atoms with E-state index in [1.807, 2.05) is 0 Å². The van der Waals surface area contributed by atoms with Crippen LogP contribution >= 0.6 is 11.6 Å². The Balaban J connectivity index is 2.18. The molecule has 2 N–H and O–H groups in total. The number of ether oxygens (including phenoxy) is 1. The average Bonchev–Trinajstić information content (AvgIpc) is 2.46. The van der Waals surface area contributed by atoms with E-state index >= 15 is 0 Å². The summed E-state index contributed by atoms with van der Waals surface area (Å²) in [5.41, 5.74) is 0.566. The molecule has 1 heterocycles. The minimum atomic E-state index is -1.11. The fourth-order valence-corrected chi connectivity index (χ4v) is 1.76. The summed E-state index contributed by atoms with van der Waals surface area (Å²) in [4.78, 5) is 26.5. The molecule has 0 aliphatic rings. The number of aromatic nitrogens is 1. The number of carbonyl (C=O) groups excluding carboxylic acids is 1. The molecule has 1 aromatic heterocycles. The summed E-state index contributed by atoms with van der Waals surface area (Å²) in [6.45, 7) is -0.499. The summed E-state index contributed by atoms with van der Waals surface area (Å²) in [6.07, 6.45) is 2.82. The van der Waals surface area contributed by atoms with Gasteiger partial charge in [0.15, 0.2) is 6.61 Å². The number of carbonyl (C=O) groups is 2. The number of aliphatic carboxylic acids is 1. The first kappa shape index (κ1) is 14.8. The number of halogens is 1. The van der Waals surface area contributed by atoms with E-state index in [4.69, 9.17) is 21.4 Å². The highest BCUT2D eigenvalue weighted by molar-refractivity contribution is 6.34. The number of carboxylic acids is 1. The Morgan fingerprint density at radius 3 is 2.76 bits per heavy atom. The first-order chi connectivity index (χ1) is 10.1. The zero-order valence-electron chi connectivity index (χ0n) is 10.7. The van der Waals surface area contributed by atoms with E-state index in [0.29, 0.717) is 5.69 Å². The smallest absolute Gasteiger partial charge is 0.341 e. The van der Waals surface area contributed by atoms with Crippen LogP contribution in [0.3, 0.4) is 0 Å². The third-order valence-corrected chi connectivity index (χ3v) is 2.83. The number of pyridine rings is 1. The lowest BCUT2D eigenvalue weighted by Gasteiger charge is -2.11. The van der Waals surface area contributed by atoms with Crippen LogP contribution in [0.15, 0.2) is 42.7 Å². The van der Waals surface area contributed by atoms with Crippen LogP contribution in [-0.2, 0) is 4.79 Å². The van der Waals surface area contributed by atoms with Gasteiger partial charge in [0, 0.05) is 12.4 Å². The van der Waals surface area contributed by atoms with Crippen molar-refractivity contribution in [2.24, 2.45) is 0 Å². The van der Waals surface area contributed by atoms with Crippen molar-refractivity contribution in [3.63, 3.8) is 0 Å². The molecule has 1 aromatic carbocycles. The number of nitrogens with zero attached hydrogens (tertiary/aromatic N) is 1. The number of para-hydroxylation sites is 2. The number of rotatable bonds is 5. The molecule has 2 rings (SSSR count). The molecular weight excluding hydrogens is 296 g/mol. The molecule has 0 bridgehead atoms. The second kappa shape index (κ2) is 6.71. The number of benzene rings is 1. The van der Waals surface area contributed by atoms with Crippen LogP contribution in [0.25, 0.3) is 0 Å². The molecule has 0 saturated carbocycles. The first-order valence-electron chi connectivity index (χ1n) is 5.92. The molecule has 21 heavy (non-hydrogen) atoms. The molecule has 0 fully saturated rings. The van der Waals surface area contributed by atoms with Crippen LogP contribution in [-0.4, -0.2) is 28.6 Å². The number of carboxylic acid groups (broad SMARTS) is 1. The van der Waals surface area contributed by atoms with Gasteiger partial charge in [0.05, 0.1) is 16.3 Å². The molecule has 0 aliphatic heterocycles. The van der Waals surface area contributed by atoms with Crippen molar-refractivity contribution in [2.45, 2.75) is 0 Å². The summed E-state index contributed by atoms with van der Waals surface area (Å²) in [7, 11) is 0. The van der Waals surface area contributed by atoms with Gasteiger partial charge in [-0.3, -0.25) is 9.78 Å². The molecule has 108 valence electrons. The Bertz CT molecular complexity index is 676. The second-order valence-corrected chi connectivity index (χ2v) is 4.40. The lowest BCUT2D eigenvalue weighted by atomic mass is 10.2. The van der Waals surface area contributed by atoms with E-state index in [0.717, 1.165) is 0 Å². The zero-order chi connectivity index (χ0) is 15.2. The Labute approximate surface area is 125 Å². The van der Waals surface area contributed by atoms with Crippen molar-refractivity contribution in [3.05, 3.63) is 53.3 Å². The molecule has 7 heteroatoms. The maximum Gasteiger partial charge on any atom is 0.341 e. The topological polar surface area (TPSA) is 88.5 Å². The minimum Gasteiger partial charge on any atom is -0.480 e. The number of hydrogen-bond donors (Lipinski definition) is 2. The van der Waals surface area contributed by atoms with Gasteiger partial charge in [-0.2, -0.15) is 0 Å². The summed E-state index contributed by atoms with van der Waals surface area (Å²) in [5, 5.41) is 11.5. The molecule has 0 aliphatic carbocycles. The summed E-state index contributed by atoms with van der Waals surface area (Å²) >= 11 is 5.92. The number of hydrogen-bond acceptors (Lipinski definition) is 4. The Morgan fingerprint density at radius 1 is 1.29 bits per heavy atom. The highest BCUT2D eigenvalue weighted by Gasteiger charge is 2.13. The quantitative estimate of drug-likeness (QED) is 0.885. The number of amides is 1. The van der Waals surface area contributed by atoms with Crippen molar-refractivity contribution in [3.8, 4) is 5.75 Å². The Morgan fingerprint density at radius 2 is 2.05 bits per heavy atom. The maximum absolute atomic E-state index is 12.1. The van der Waals surface area contributed by atoms with Gasteiger partial charge in [-0.25, -0.2) is 4.79 Å². The van der Waals surface area contributed by atoms with E-state index in [9.17, 15) is 9.59 Å². The zero-order valence-corrected chi connectivity index (χ0v) is 11.5.